The van der Waals surface area contributed by atoms with Gasteiger partial charge in [0.25, 0.3) is 0 Å². The van der Waals surface area contributed by atoms with Gasteiger partial charge in [0.15, 0.2) is 0 Å². The predicted molar refractivity (Wildman–Crippen MR) is 144 cm³/mol. The van der Waals surface area contributed by atoms with Crippen molar-refractivity contribution < 1.29 is 14.3 Å². The van der Waals surface area contributed by atoms with Crippen LogP contribution in [-0.2, 0) is 15.0 Å². The number of amides is 1. The number of nitrogens with zero attached hydrogens (tertiary/aromatic N) is 1. The normalized spacial score (nSPS) is 26.9. The Kier molecular flexibility index (Phi) is 7.47. The lowest BCUT2D eigenvalue weighted by molar-refractivity contribution is -0.131. The molecule has 1 aromatic heterocycles. The summed E-state index contributed by atoms with van der Waals surface area (Å²) >= 11 is 5.07. The first-order valence-electron chi connectivity index (χ1n) is 12.6. The Morgan fingerprint density at radius 3 is 2.86 bits per heavy atom. The zero-order valence-electron chi connectivity index (χ0n) is 20.2. The molecule has 1 saturated heterocycles. The quantitative estimate of drug-likeness (QED) is 0.266. The van der Waals surface area contributed by atoms with Crippen molar-refractivity contribution in [1.29, 1.82) is 0 Å². The van der Waals surface area contributed by atoms with Gasteiger partial charge in [-0.2, -0.15) is 0 Å². The minimum Gasteiger partial charge on any atom is -0.427 e. The molecule has 1 N–H and O–H groups in total. The van der Waals surface area contributed by atoms with Crippen LogP contribution in [0.15, 0.2) is 46.3 Å². The van der Waals surface area contributed by atoms with Gasteiger partial charge in [0.1, 0.15) is 5.75 Å². The van der Waals surface area contributed by atoms with Crippen molar-refractivity contribution in [3.05, 3.63) is 56.7 Å². The molecular formula is C28H33BrN2O3S. The summed E-state index contributed by atoms with van der Waals surface area (Å²) in [6.45, 7) is 4.86. The average Bonchev–Trinajstić information content (AvgIpc) is 3.55. The van der Waals surface area contributed by atoms with E-state index in [9.17, 15) is 9.59 Å². The van der Waals surface area contributed by atoms with Crippen LogP contribution in [0.1, 0.15) is 55.9 Å². The summed E-state index contributed by atoms with van der Waals surface area (Å²) in [7, 11) is 0. The van der Waals surface area contributed by atoms with Crippen LogP contribution in [0.5, 0.6) is 5.75 Å². The maximum atomic E-state index is 12.8. The van der Waals surface area contributed by atoms with E-state index in [-0.39, 0.29) is 23.3 Å². The van der Waals surface area contributed by atoms with Crippen LogP contribution in [0.4, 0.5) is 0 Å². The Morgan fingerprint density at radius 2 is 2.11 bits per heavy atom. The number of esters is 1. The molecule has 0 radical (unpaired) electrons. The molecule has 5 rings (SSSR count). The van der Waals surface area contributed by atoms with Gasteiger partial charge in [0, 0.05) is 52.3 Å². The molecule has 0 unspecified atom stereocenters. The number of likely N-dealkylation sites (tertiary alicyclic amines) is 1. The van der Waals surface area contributed by atoms with Gasteiger partial charge in [-0.1, -0.05) is 12.1 Å². The van der Waals surface area contributed by atoms with Gasteiger partial charge in [-0.3, -0.25) is 9.59 Å². The van der Waals surface area contributed by atoms with Crippen LogP contribution in [0.3, 0.4) is 0 Å². The number of fused-ring (bicyclic) bond motifs is 1. The number of rotatable bonds is 7. The summed E-state index contributed by atoms with van der Waals surface area (Å²) in [5.74, 6) is 1.71. The van der Waals surface area contributed by atoms with E-state index in [1.165, 1.54) is 31.9 Å². The summed E-state index contributed by atoms with van der Waals surface area (Å²) in [5.41, 5.74) is 1.22. The molecule has 2 heterocycles. The number of carbonyl (C=O) groups excluding carboxylic acids is 2. The first-order chi connectivity index (χ1) is 16.9. The molecule has 1 aromatic carbocycles. The van der Waals surface area contributed by atoms with Crippen LogP contribution < -0.4 is 10.1 Å². The van der Waals surface area contributed by atoms with Gasteiger partial charge in [-0.25, -0.2) is 0 Å². The number of hydrogen-bond acceptors (Lipinski definition) is 5. The molecule has 0 spiro atoms. The molecular weight excluding hydrogens is 524 g/mol. The summed E-state index contributed by atoms with van der Waals surface area (Å²) in [6, 6.07) is 10.2. The molecule has 1 aliphatic heterocycles. The van der Waals surface area contributed by atoms with Gasteiger partial charge in [0.2, 0.25) is 5.91 Å². The van der Waals surface area contributed by atoms with Gasteiger partial charge in [-0.05, 0) is 103 Å². The molecule has 2 saturated carbocycles. The summed E-state index contributed by atoms with van der Waals surface area (Å²) in [4.78, 5) is 28.1. The third kappa shape index (κ3) is 6.07. The van der Waals surface area contributed by atoms with Gasteiger partial charge in [-0.15, -0.1) is 11.3 Å². The molecule has 3 fully saturated rings. The highest BCUT2D eigenvalue weighted by Gasteiger charge is 2.48. The minimum atomic E-state index is -0.297. The van der Waals surface area contributed by atoms with E-state index in [4.69, 9.17) is 4.74 Å². The number of piperidine rings is 1. The first-order valence-corrected chi connectivity index (χ1v) is 14.3. The number of carbonyl (C=O) groups is 2. The fourth-order valence-electron chi connectivity index (χ4n) is 6.03. The van der Waals surface area contributed by atoms with E-state index in [1.807, 2.05) is 29.7 Å². The first kappa shape index (κ1) is 24.7. The largest absolute Gasteiger partial charge is 0.427 e. The number of benzene rings is 1. The number of nitrogens with one attached hydrogen (secondary N) is 1. The number of hydrogen-bond donors (Lipinski definition) is 1. The van der Waals surface area contributed by atoms with Crippen molar-refractivity contribution in [1.82, 2.24) is 10.2 Å². The second-order valence-electron chi connectivity index (χ2n) is 10.4. The molecule has 1 amide bonds. The van der Waals surface area contributed by atoms with Gasteiger partial charge in [0.05, 0.1) is 0 Å². The number of halogens is 1. The van der Waals surface area contributed by atoms with Crippen LogP contribution in [0.25, 0.3) is 6.08 Å². The lowest BCUT2D eigenvalue weighted by atomic mass is 9.58. The SMILES string of the molecule is CC(=O)Oc1cccc([C@@]23CCN(CC4CC4)C[C@H]2CC[C@@H](NC(=O)/C=C/c2cc(Br)cs2)C3)c1. The molecule has 2 aromatic rings. The number of thiophene rings is 1. The molecule has 35 heavy (non-hydrogen) atoms. The Labute approximate surface area is 220 Å². The van der Waals surface area contributed by atoms with Crippen molar-refractivity contribution in [2.75, 3.05) is 19.6 Å². The highest BCUT2D eigenvalue weighted by atomic mass is 79.9. The van der Waals surface area contributed by atoms with E-state index in [0.717, 1.165) is 54.0 Å². The smallest absolute Gasteiger partial charge is 0.308 e. The average molecular weight is 558 g/mol. The third-order valence-corrected chi connectivity index (χ3v) is 9.48. The van der Waals surface area contributed by atoms with Gasteiger partial charge < -0.3 is 15.0 Å². The van der Waals surface area contributed by atoms with Crippen molar-refractivity contribution >= 4 is 45.2 Å². The van der Waals surface area contributed by atoms with Crippen molar-refractivity contribution in [2.24, 2.45) is 11.8 Å². The van der Waals surface area contributed by atoms with Crippen LogP contribution in [0, 0.1) is 11.8 Å². The van der Waals surface area contributed by atoms with E-state index in [1.54, 1.807) is 17.4 Å². The van der Waals surface area contributed by atoms with Crippen LogP contribution >= 0.6 is 27.3 Å². The summed E-state index contributed by atoms with van der Waals surface area (Å²) in [6.07, 6.45) is 10.4. The second-order valence-corrected chi connectivity index (χ2v) is 12.3. The highest BCUT2D eigenvalue weighted by Crippen LogP contribution is 2.50. The van der Waals surface area contributed by atoms with E-state index in [2.05, 4.69) is 38.3 Å². The van der Waals surface area contributed by atoms with Gasteiger partial charge >= 0.3 is 5.97 Å². The molecule has 0 bridgehead atoms. The Morgan fingerprint density at radius 1 is 1.26 bits per heavy atom. The van der Waals surface area contributed by atoms with Crippen LogP contribution in [-0.4, -0.2) is 42.5 Å². The molecule has 5 nitrogen and oxygen atoms in total. The van der Waals surface area contributed by atoms with Crippen LogP contribution in [0.2, 0.25) is 0 Å². The van der Waals surface area contributed by atoms with Crippen molar-refractivity contribution in [3.8, 4) is 5.75 Å². The molecule has 186 valence electrons. The van der Waals surface area contributed by atoms with E-state index >= 15 is 0 Å². The Hall–Kier alpha value is -1.96. The fraction of sp³-hybridized carbons (Fsp3) is 0.500. The molecule has 3 aliphatic rings. The highest BCUT2D eigenvalue weighted by molar-refractivity contribution is 9.10. The zero-order chi connectivity index (χ0) is 24.4. The maximum absolute atomic E-state index is 12.8. The standard InChI is InChI=1S/C28H33BrN2O3S/c1-19(32)34-25-4-2-3-21(13-25)28-11-12-31(16-20-5-6-20)17-22(28)7-8-24(15-28)30-27(33)10-9-26-14-23(29)18-35-26/h2-4,9-10,13-14,18,20,22,24H,5-8,11-12,15-17H2,1H3,(H,30,33)/b10-9+/t22-,24-,28+/m1/s1. The third-order valence-electron chi connectivity index (χ3n) is 7.83. The second kappa shape index (κ2) is 10.6. The topological polar surface area (TPSA) is 58.6 Å². The molecule has 7 heteroatoms. The van der Waals surface area contributed by atoms with E-state index in [0.29, 0.717) is 11.7 Å². The fourth-order valence-corrected chi connectivity index (χ4v) is 7.37. The minimum absolute atomic E-state index is 0.0191. The molecule has 3 atom stereocenters. The Balaban J connectivity index is 1.34. The monoisotopic (exact) mass is 556 g/mol. The lowest BCUT2D eigenvalue weighted by Gasteiger charge is -2.53. The number of ether oxygens (including phenoxy) is 1. The lowest BCUT2D eigenvalue weighted by Crippen LogP contribution is -2.56. The Bertz CT molecular complexity index is 1110. The summed E-state index contributed by atoms with van der Waals surface area (Å²) in [5, 5.41) is 5.31. The zero-order valence-corrected chi connectivity index (χ0v) is 22.6. The predicted octanol–water partition coefficient (Wildman–Crippen LogP) is 5.79. The van der Waals surface area contributed by atoms with E-state index < -0.39 is 0 Å². The van der Waals surface area contributed by atoms with Crippen molar-refractivity contribution in [2.45, 2.75) is 56.9 Å². The summed E-state index contributed by atoms with van der Waals surface area (Å²) < 4.78 is 6.47. The molecule has 2 aliphatic carbocycles. The maximum Gasteiger partial charge on any atom is 0.308 e. The van der Waals surface area contributed by atoms with Crippen molar-refractivity contribution in [3.63, 3.8) is 0 Å².